The van der Waals surface area contributed by atoms with Crippen molar-refractivity contribution in [3.8, 4) is 5.75 Å². The Labute approximate surface area is 105 Å². The summed E-state index contributed by atoms with van der Waals surface area (Å²) < 4.78 is 17.0. The van der Waals surface area contributed by atoms with Crippen molar-refractivity contribution in [1.29, 1.82) is 0 Å². The van der Waals surface area contributed by atoms with E-state index in [2.05, 4.69) is 13.8 Å². The second kappa shape index (κ2) is 14.7. The van der Waals surface area contributed by atoms with Crippen LogP contribution < -0.4 is 4.74 Å². The van der Waals surface area contributed by atoms with E-state index in [9.17, 15) is 4.39 Å². The Morgan fingerprint density at radius 1 is 1.00 bits per heavy atom. The van der Waals surface area contributed by atoms with Crippen LogP contribution in [0.1, 0.15) is 40.5 Å². The smallest absolute Gasteiger partial charge is 0.123 e. The molecule has 17 heavy (non-hydrogen) atoms. The molecule has 0 aliphatic rings. The molecule has 0 aliphatic carbocycles. The highest BCUT2D eigenvalue weighted by Gasteiger charge is 1.88. The maximum atomic E-state index is 12.2. The van der Waals surface area contributed by atoms with Crippen molar-refractivity contribution in [2.75, 3.05) is 7.11 Å². The number of rotatable bonds is 2. The lowest BCUT2D eigenvalue weighted by molar-refractivity contribution is 0.413. The SMILES string of the molecule is C/C=C/C.CCCC.COc1ccc(F)cc1. The van der Waals surface area contributed by atoms with Crippen molar-refractivity contribution < 1.29 is 9.13 Å². The van der Waals surface area contributed by atoms with Gasteiger partial charge in [0.25, 0.3) is 0 Å². The molecule has 0 aliphatic heterocycles. The Hall–Kier alpha value is -1.31. The average Bonchev–Trinajstić information content (AvgIpc) is 2.40. The van der Waals surface area contributed by atoms with Gasteiger partial charge in [0.05, 0.1) is 7.11 Å². The minimum absolute atomic E-state index is 0.240. The summed E-state index contributed by atoms with van der Waals surface area (Å²) in [5.41, 5.74) is 0. The summed E-state index contributed by atoms with van der Waals surface area (Å²) in [6.07, 6.45) is 6.64. The first-order valence-corrected chi connectivity index (χ1v) is 6.02. The van der Waals surface area contributed by atoms with Crippen LogP contribution in [-0.2, 0) is 0 Å². The highest BCUT2D eigenvalue weighted by Crippen LogP contribution is 2.08. The van der Waals surface area contributed by atoms with Gasteiger partial charge in [-0.15, -0.1) is 0 Å². The topological polar surface area (TPSA) is 9.23 Å². The van der Waals surface area contributed by atoms with E-state index in [1.54, 1.807) is 19.2 Å². The van der Waals surface area contributed by atoms with Crippen LogP contribution in [0, 0.1) is 5.82 Å². The van der Waals surface area contributed by atoms with Crippen molar-refractivity contribution >= 4 is 0 Å². The Bertz CT molecular complexity index is 259. The first kappa shape index (κ1) is 18.1. The third-order valence-electron chi connectivity index (χ3n) is 1.88. The molecule has 0 saturated carbocycles. The number of hydrogen-bond donors (Lipinski definition) is 0. The zero-order valence-corrected chi connectivity index (χ0v) is 11.7. The summed E-state index contributed by atoms with van der Waals surface area (Å²) in [4.78, 5) is 0. The van der Waals surface area contributed by atoms with Crippen LogP contribution >= 0.6 is 0 Å². The third-order valence-corrected chi connectivity index (χ3v) is 1.88. The summed E-state index contributed by atoms with van der Waals surface area (Å²) in [7, 11) is 1.55. The van der Waals surface area contributed by atoms with Gasteiger partial charge in [-0.3, -0.25) is 0 Å². The number of allylic oxidation sites excluding steroid dienone is 2. The molecule has 0 aromatic heterocycles. The van der Waals surface area contributed by atoms with Crippen LogP contribution in [0.25, 0.3) is 0 Å². The normalized spacial score (nSPS) is 8.82. The number of hydrogen-bond acceptors (Lipinski definition) is 1. The van der Waals surface area contributed by atoms with E-state index in [0.29, 0.717) is 5.75 Å². The Kier molecular flexibility index (Phi) is 15.6. The fraction of sp³-hybridized carbons (Fsp3) is 0.467. The Balaban J connectivity index is 0. The summed E-state index contributed by atoms with van der Waals surface area (Å²) in [5.74, 6) is 0.437. The maximum Gasteiger partial charge on any atom is 0.123 e. The quantitative estimate of drug-likeness (QED) is 0.644. The molecule has 0 saturated heterocycles. The molecule has 0 radical (unpaired) electrons. The molecule has 0 unspecified atom stereocenters. The van der Waals surface area contributed by atoms with Gasteiger partial charge in [-0.2, -0.15) is 0 Å². The summed E-state index contributed by atoms with van der Waals surface area (Å²) >= 11 is 0. The minimum Gasteiger partial charge on any atom is -0.497 e. The average molecular weight is 240 g/mol. The van der Waals surface area contributed by atoms with E-state index in [1.807, 2.05) is 26.0 Å². The first-order valence-electron chi connectivity index (χ1n) is 6.02. The van der Waals surface area contributed by atoms with E-state index >= 15 is 0 Å². The molecule has 98 valence electrons. The predicted molar refractivity (Wildman–Crippen MR) is 74.0 cm³/mol. The largest absolute Gasteiger partial charge is 0.497 e. The van der Waals surface area contributed by atoms with Gasteiger partial charge in [-0.05, 0) is 38.1 Å². The van der Waals surface area contributed by atoms with Crippen molar-refractivity contribution in [1.82, 2.24) is 0 Å². The van der Waals surface area contributed by atoms with Crippen molar-refractivity contribution in [2.24, 2.45) is 0 Å². The second-order valence-corrected chi connectivity index (χ2v) is 3.32. The second-order valence-electron chi connectivity index (χ2n) is 3.32. The molecular weight excluding hydrogens is 215 g/mol. The number of methoxy groups -OCH3 is 1. The molecule has 1 nitrogen and oxygen atoms in total. The lowest BCUT2D eigenvalue weighted by Gasteiger charge is -1.95. The summed E-state index contributed by atoms with van der Waals surface area (Å²) in [6.45, 7) is 8.36. The zero-order valence-electron chi connectivity index (χ0n) is 11.7. The van der Waals surface area contributed by atoms with Crippen LogP contribution in [0.5, 0.6) is 5.75 Å². The number of halogens is 1. The standard InChI is InChI=1S/C7H7FO.C4H10.C4H8/c1-9-7-4-2-6(8)3-5-7;2*1-3-4-2/h2-5H,1H3;3-4H2,1-2H3;3-4H,1-2H3/b;;4-3+. The molecule has 0 bridgehead atoms. The molecule has 0 heterocycles. The number of unbranched alkanes of at least 4 members (excludes halogenated alkanes) is 1. The lowest BCUT2D eigenvalue weighted by atomic mass is 10.3. The van der Waals surface area contributed by atoms with Gasteiger partial charge in [0.2, 0.25) is 0 Å². The molecule has 1 rings (SSSR count). The monoisotopic (exact) mass is 240 g/mol. The van der Waals surface area contributed by atoms with E-state index in [-0.39, 0.29) is 5.82 Å². The molecule has 0 spiro atoms. The van der Waals surface area contributed by atoms with Crippen LogP contribution in [0.2, 0.25) is 0 Å². The summed E-state index contributed by atoms with van der Waals surface area (Å²) in [5, 5.41) is 0. The number of benzene rings is 1. The van der Waals surface area contributed by atoms with Crippen LogP contribution in [0.3, 0.4) is 0 Å². The van der Waals surface area contributed by atoms with Gasteiger partial charge >= 0.3 is 0 Å². The molecular formula is C15H25FO. The van der Waals surface area contributed by atoms with Crippen LogP contribution in [0.4, 0.5) is 4.39 Å². The molecule has 1 aromatic rings. The van der Waals surface area contributed by atoms with E-state index in [1.165, 1.54) is 25.0 Å². The van der Waals surface area contributed by atoms with Crippen LogP contribution in [0.15, 0.2) is 36.4 Å². The molecule has 0 N–H and O–H groups in total. The molecule has 2 heteroatoms. The highest BCUT2D eigenvalue weighted by atomic mass is 19.1. The zero-order chi connectivity index (χ0) is 13.5. The highest BCUT2D eigenvalue weighted by molar-refractivity contribution is 5.21. The van der Waals surface area contributed by atoms with Crippen LogP contribution in [-0.4, -0.2) is 7.11 Å². The molecule has 0 amide bonds. The number of ether oxygens (including phenoxy) is 1. The van der Waals surface area contributed by atoms with E-state index in [4.69, 9.17) is 4.74 Å². The predicted octanol–water partition coefficient (Wildman–Crippen LogP) is 5.22. The van der Waals surface area contributed by atoms with Gasteiger partial charge in [-0.1, -0.05) is 38.8 Å². The fourth-order valence-corrected chi connectivity index (χ4v) is 0.571. The van der Waals surface area contributed by atoms with Gasteiger partial charge in [0.1, 0.15) is 11.6 Å². The summed E-state index contributed by atoms with van der Waals surface area (Å²) in [6, 6.07) is 5.88. The molecule has 0 atom stereocenters. The van der Waals surface area contributed by atoms with Gasteiger partial charge in [0, 0.05) is 0 Å². The Morgan fingerprint density at radius 2 is 1.41 bits per heavy atom. The van der Waals surface area contributed by atoms with Crippen molar-refractivity contribution in [3.63, 3.8) is 0 Å². The van der Waals surface area contributed by atoms with E-state index in [0.717, 1.165) is 0 Å². The third kappa shape index (κ3) is 14.7. The molecule has 0 fully saturated rings. The maximum absolute atomic E-state index is 12.2. The van der Waals surface area contributed by atoms with Crippen molar-refractivity contribution in [3.05, 3.63) is 42.2 Å². The Morgan fingerprint density at radius 3 is 1.65 bits per heavy atom. The lowest BCUT2D eigenvalue weighted by Crippen LogP contribution is -1.80. The van der Waals surface area contributed by atoms with Gasteiger partial charge < -0.3 is 4.74 Å². The molecule has 1 aromatic carbocycles. The minimum atomic E-state index is -0.240. The first-order chi connectivity index (χ1) is 8.15. The van der Waals surface area contributed by atoms with Crippen molar-refractivity contribution in [2.45, 2.75) is 40.5 Å². The van der Waals surface area contributed by atoms with Gasteiger partial charge in [-0.25, -0.2) is 4.39 Å². The van der Waals surface area contributed by atoms with Gasteiger partial charge in [0.15, 0.2) is 0 Å². The fourth-order valence-electron chi connectivity index (χ4n) is 0.571. The van der Waals surface area contributed by atoms with E-state index < -0.39 is 0 Å².